The van der Waals surface area contributed by atoms with Crippen LogP contribution in [0, 0.1) is 24.7 Å². The van der Waals surface area contributed by atoms with Crippen molar-refractivity contribution in [2.24, 2.45) is 17.8 Å². The summed E-state index contributed by atoms with van der Waals surface area (Å²) >= 11 is 0. The Kier molecular flexibility index (Phi) is 5.72. The summed E-state index contributed by atoms with van der Waals surface area (Å²) in [5.41, 5.74) is 1.26. The van der Waals surface area contributed by atoms with E-state index in [-0.39, 0.29) is 10.8 Å². The molecule has 0 aliphatic heterocycles. The first-order valence-corrected chi connectivity index (χ1v) is 11.2. The average Bonchev–Trinajstić information content (AvgIpc) is 3.20. The van der Waals surface area contributed by atoms with E-state index in [0.717, 1.165) is 5.92 Å². The lowest BCUT2D eigenvalue weighted by atomic mass is 9.86. The van der Waals surface area contributed by atoms with E-state index in [1.54, 1.807) is 25.1 Å². The number of rotatable bonds is 7. The maximum atomic E-state index is 12.8. The molecule has 26 heavy (non-hydrogen) atoms. The molecule has 3 rings (SSSR count). The molecule has 1 aromatic carbocycles. The molecule has 0 aromatic heterocycles. The summed E-state index contributed by atoms with van der Waals surface area (Å²) in [6.07, 6.45) is 5.60. The van der Waals surface area contributed by atoms with E-state index in [1.165, 1.54) is 30.0 Å². The van der Waals surface area contributed by atoms with Gasteiger partial charge in [0.05, 0.1) is 4.90 Å². The highest BCUT2D eigenvalue weighted by Crippen LogP contribution is 2.49. The van der Waals surface area contributed by atoms with Crippen molar-refractivity contribution in [3.8, 4) is 0 Å². The van der Waals surface area contributed by atoms with Gasteiger partial charge in [0.1, 0.15) is 0 Å². The Balaban J connectivity index is 1.72. The number of hydrogen-bond donors (Lipinski definition) is 1. The summed E-state index contributed by atoms with van der Waals surface area (Å²) < 4.78 is 27.1. The molecule has 2 aliphatic rings. The van der Waals surface area contributed by atoms with Gasteiger partial charge in [0, 0.05) is 25.2 Å². The summed E-state index contributed by atoms with van der Waals surface area (Å²) in [7, 11) is -3.54. The second-order valence-electron chi connectivity index (χ2n) is 7.76. The fourth-order valence-corrected chi connectivity index (χ4v) is 6.44. The van der Waals surface area contributed by atoms with Crippen LogP contribution in [0.5, 0.6) is 0 Å². The zero-order chi connectivity index (χ0) is 18.9. The molecule has 2 bridgehead atoms. The van der Waals surface area contributed by atoms with Gasteiger partial charge in [0.15, 0.2) is 0 Å². The molecule has 1 amide bonds. The molecule has 3 atom stereocenters. The van der Waals surface area contributed by atoms with E-state index >= 15 is 0 Å². The van der Waals surface area contributed by atoms with Crippen LogP contribution in [0.3, 0.4) is 0 Å². The maximum Gasteiger partial charge on any atom is 0.243 e. The lowest BCUT2D eigenvalue weighted by Crippen LogP contribution is -2.31. The topological polar surface area (TPSA) is 66.5 Å². The summed E-state index contributed by atoms with van der Waals surface area (Å²) in [5.74, 6) is 2.03. The Morgan fingerprint density at radius 3 is 2.50 bits per heavy atom. The fourth-order valence-electron chi connectivity index (χ4n) is 4.73. The van der Waals surface area contributed by atoms with Crippen molar-refractivity contribution in [3.05, 3.63) is 23.8 Å². The number of amides is 1. The molecule has 2 saturated carbocycles. The smallest absolute Gasteiger partial charge is 0.243 e. The number of carbonyl (C=O) groups excluding carboxylic acids is 1. The van der Waals surface area contributed by atoms with Gasteiger partial charge in [-0.15, -0.1) is 0 Å². The van der Waals surface area contributed by atoms with E-state index in [4.69, 9.17) is 0 Å². The number of benzene rings is 1. The predicted octanol–water partition coefficient (Wildman–Crippen LogP) is 3.79. The number of nitrogens with zero attached hydrogens (tertiary/aromatic N) is 1. The number of nitrogens with one attached hydrogen (secondary N) is 1. The summed E-state index contributed by atoms with van der Waals surface area (Å²) in [6, 6.07) is 5.15. The molecule has 6 heteroatoms. The van der Waals surface area contributed by atoms with Crippen molar-refractivity contribution in [2.45, 2.75) is 57.8 Å². The second-order valence-corrected chi connectivity index (χ2v) is 9.66. The standard InChI is InChI=1S/C20H30N2O3S/c1-4-22(5-2)26(24,25)19-13-18(9-6-14(19)3)21-20(23)12-17-11-15-7-8-16(17)10-15/h6,9,13,15-17H,4-5,7-8,10-12H2,1-3H3,(H,21,23)/t15-,16+,17+/m0/s1. The largest absolute Gasteiger partial charge is 0.326 e. The van der Waals surface area contributed by atoms with Gasteiger partial charge in [-0.3, -0.25) is 4.79 Å². The van der Waals surface area contributed by atoms with Crippen LogP contribution in [-0.4, -0.2) is 31.7 Å². The Morgan fingerprint density at radius 2 is 1.92 bits per heavy atom. The van der Waals surface area contributed by atoms with Crippen LogP contribution >= 0.6 is 0 Å². The molecule has 144 valence electrons. The van der Waals surface area contributed by atoms with Crippen molar-refractivity contribution >= 4 is 21.6 Å². The third-order valence-corrected chi connectivity index (χ3v) is 8.32. The third-order valence-electron chi connectivity index (χ3n) is 6.13. The Labute approximate surface area is 157 Å². The highest BCUT2D eigenvalue weighted by Gasteiger charge is 2.40. The number of hydrogen-bond acceptors (Lipinski definition) is 3. The second kappa shape index (κ2) is 7.69. The Hall–Kier alpha value is -1.40. The molecule has 5 nitrogen and oxygen atoms in total. The zero-order valence-electron chi connectivity index (χ0n) is 16.0. The summed E-state index contributed by atoms with van der Waals surface area (Å²) in [4.78, 5) is 12.7. The molecular weight excluding hydrogens is 348 g/mol. The Bertz CT molecular complexity index is 771. The maximum absolute atomic E-state index is 12.8. The number of fused-ring (bicyclic) bond motifs is 2. The minimum Gasteiger partial charge on any atom is -0.326 e. The molecule has 0 radical (unpaired) electrons. The van der Waals surface area contributed by atoms with Crippen molar-refractivity contribution in [2.75, 3.05) is 18.4 Å². The van der Waals surface area contributed by atoms with Crippen molar-refractivity contribution in [1.29, 1.82) is 0 Å². The molecule has 1 aromatic rings. The zero-order valence-corrected chi connectivity index (χ0v) is 16.8. The van der Waals surface area contributed by atoms with Crippen LogP contribution in [-0.2, 0) is 14.8 Å². The van der Waals surface area contributed by atoms with Crippen LogP contribution < -0.4 is 5.32 Å². The molecule has 0 heterocycles. The number of sulfonamides is 1. The number of aryl methyl sites for hydroxylation is 1. The first-order chi connectivity index (χ1) is 12.3. The molecule has 0 spiro atoms. The highest BCUT2D eigenvalue weighted by atomic mass is 32.2. The van der Waals surface area contributed by atoms with Gasteiger partial charge in [0.2, 0.25) is 15.9 Å². The van der Waals surface area contributed by atoms with E-state index < -0.39 is 10.0 Å². The predicted molar refractivity (Wildman–Crippen MR) is 103 cm³/mol. The summed E-state index contributed by atoms with van der Waals surface area (Å²) in [6.45, 7) is 6.31. The first kappa shape index (κ1) is 19.4. The molecule has 0 unspecified atom stereocenters. The normalized spacial score (nSPS) is 25.0. The van der Waals surface area contributed by atoms with Gasteiger partial charge in [0.25, 0.3) is 0 Å². The van der Waals surface area contributed by atoms with Gasteiger partial charge in [-0.25, -0.2) is 8.42 Å². The number of carbonyl (C=O) groups is 1. The van der Waals surface area contributed by atoms with Crippen LogP contribution in [0.2, 0.25) is 0 Å². The quantitative estimate of drug-likeness (QED) is 0.785. The van der Waals surface area contributed by atoms with Gasteiger partial charge in [-0.1, -0.05) is 26.3 Å². The molecule has 0 saturated heterocycles. The lowest BCUT2D eigenvalue weighted by molar-refractivity contribution is -0.117. The Morgan fingerprint density at radius 1 is 1.19 bits per heavy atom. The SMILES string of the molecule is CCN(CC)S(=O)(=O)c1cc(NC(=O)C[C@H]2C[C@H]3CC[C@@H]2C3)ccc1C. The number of anilines is 1. The van der Waals surface area contributed by atoms with Crippen molar-refractivity contribution in [3.63, 3.8) is 0 Å². The van der Waals surface area contributed by atoms with E-state index in [9.17, 15) is 13.2 Å². The molecule has 1 N–H and O–H groups in total. The average molecular weight is 379 g/mol. The van der Waals surface area contributed by atoms with Gasteiger partial charge in [-0.05, 0) is 61.6 Å². The fraction of sp³-hybridized carbons (Fsp3) is 0.650. The summed E-state index contributed by atoms with van der Waals surface area (Å²) in [5, 5.41) is 2.92. The van der Waals surface area contributed by atoms with Gasteiger partial charge >= 0.3 is 0 Å². The van der Waals surface area contributed by atoms with Crippen LogP contribution in [0.1, 0.15) is 51.5 Å². The van der Waals surface area contributed by atoms with E-state index in [0.29, 0.717) is 42.6 Å². The van der Waals surface area contributed by atoms with Crippen molar-refractivity contribution < 1.29 is 13.2 Å². The highest BCUT2D eigenvalue weighted by molar-refractivity contribution is 7.89. The van der Waals surface area contributed by atoms with Crippen LogP contribution in [0.15, 0.2) is 23.1 Å². The monoisotopic (exact) mass is 378 g/mol. The van der Waals surface area contributed by atoms with Gasteiger partial charge in [-0.2, -0.15) is 4.31 Å². The van der Waals surface area contributed by atoms with E-state index in [2.05, 4.69) is 5.32 Å². The van der Waals surface area contributed by atoms with Crippen LogP contribution in [0.25, 0.3) is 0 Å². The van der Waals surface area contributed by atoms with Crippen LogP contribution in [0.4, 0.5) is 5.69 Å². The lowest BCUT2D eigenvalue weighted by Gasteiger charge is -2.22. The molecule has 2 aliphatic carbocycles. The molecular formula is C20H30N2O3S. The first-order valence-electron chi connectivity index (χ1n) is 9.75. The van der Waals surface area contributed by atoms with Gasteiger partial charge < -0.3 is 5.32 Å². The third kappa shape index (κ3) is 3.81. The minimum absolute atomic E-state index is 0.00223. The minimum atomic E-state index is -3.54. The van der Waals surface area contributed by atoms with E-state index in [1.807, 2.05) is 13.8 Å². The molecule has 2 fully saturated rings. The van der Waals surface area contributed by atoms with Crippen molar-refractivity contribution in [1.82, 2.24) is 4.31 Å².